The Labute approximate surface area is 135 Å². The molecule has 112 valence electrons. The molecule has 2 rings (SSSR count). The van der Waals surface area contributed by atoms with Crippen molar-refractivity contribution < 1.29 is 13.2 Å². The van der Waals surface area contributed by atoms with Crippen LogP contribution in [-0.4, -0.2) is 25.5 Å². The van der Waals surface area contributed by atoms with E-state index in [1.165, 1.54) is 25.3 Å². The van der Waals surface area contributed by atoms with Gasteiger partial charge in [0, 0.05) is 10.5 Å². The second-order valence-corrected chi connectivity index (χ2v) is 7.00. The van der Waals surface area contributed by atoms with Crippen molar-refractivity contribution in [3.05, 3.63) is 39.5 Å². The molecule has 2 aromatic rings. The van der Waals surface area contributed by atoms with E-state index < -0.39 is 10.0 Å². The fourth-order valence-corrected chi connectivity index (χ4v) is 2.96. The third-order valence-corrected chi connectivity index (χ3v) is 4.96. The molecule has 0 saturated heterocycles. The first kappa shape index (κ1) is 16.0. The van der Waals surface area contributed by atoms with Crippen molar-refractivity contribution in [3.8, 4) is 5.88 Å². The van der Waals surface area contributed by atoms with Crippen LogP contribution in [0.15, 0.2) is 33.6 Å². The monoisotopic (exact) mass is 391 g/mol. The molecule has 0 fully saturated rings. The minimum Gasteiger partial charge on any atom is -0.481 e. The fourth-order valence-electron chi connectivity index (χ4n) is 1.51. The van der Waals surface area contributed by atoms with Crippen molar-refractivity contribution in [3.63, 3.8) is 0 Å². The van der Waals surface area contributed by atoms with Gasteiger partial charge < -0.3 is 4.74 Å². The molecule has 0 amide bonds. The quantitative estimate of drug-likeness (QED) is 0.809. The van der Waals surface area contributed by atoms with E-state index in [0.717, 1.165) is 10.0 Å². The van der Waals surface area contributed by atoms with Gasteiger partial charge in [-0.3, -0.25) is 0 Å². The zero-order chi connectivity index (χ0) is 15.6. The molecule has 0 spiro atoms. The molecule has 0 bridgehead atoms. The first-order valence-corrected chi connectivity index (χ1v) is 8.35. The SMILES string of the molecule is COc1cc(Cl)nc(NS(=O)(=O)c2ccc(Br)c(C)c2)n1. The number of halogens is 2. The van der Waals surface area contributed by atoms with Crippen molar-refractivity contribution in [2.24, 2.45) is 0 Å². The van der Waals surface area contributed by atoms with Gasteiger partial charge in [0.05, 0.1) is 12.0 Å². The lowest BCUT2D eigenvalue weighted by molar-refractivity contribution is 0.397. The van der Waals surface area contributed by atoms with Gasteiger partial charge in [-0.1, -0.05) is 27.5 Å². The van der Waals surface area contributed by atoms with E-state index >= 15 is 0 Å². The summed E-state index contributed by atoms with van der Waals surface area (Å²) in [7, 11) is -2.41. The number of nitrogens with zero attached hydrogens (tertiary/aromatic N) is 2. The number of benzene rings is 1. The van der Waals surface area contributed by atoms with Crippen LogP contribution >= 0.6 is 27.5 Å². The van der Waals surface area contributed by atoms with Crippen LogP contribution in [0.3, 0.4) is 0 Å². The molecule has 6 nitrogen and oxygen atoms in total. The summed E-state index contributed by atoms with van der Waals surface area (Å²) in [5.41, 5.74) is 0.794. The van der Waals surface area contributed by atoms with Crippen molar-refractivity contribution in [1.29, 1.82) is 0 Å². The normalized spacial score (nSPS) is 11.2. The van der Waals surface area contributed by atoms with E-state index in [2.05, 4.69) is 30.6 Å². The lowest BCUT2D eigenvalue weighted by atomic mass is 10.2. The fraction of sp³-hybridized carbons (Fsp3) is 0.167. The summed E-state index contributed by atoms with van der Waals surface area (Å²) in [6.07, 6.45) is 0. The lowest BCUT2D eigenvalue weighted by Gasteiger charge is -2.09. The van der Waals surface area contributed by atoms with Gasteiger partial charge in [-0.2, -0.15) is 4.98 Å². The molecule has 0 aliphatic rings. The van der Waals surface area contributed by atoms with E-state index in [9.17, 15) is 8.42 Å². The highest BCUT2D eigenvalue weighted by molar-refractivity contribution is 9.10. The summed E-state index contributed by atoms with van der Waals surface area (Å²) < 4.78 is 32.6. The number of aryl methyl sites for hydroxylation is 1. The average molecular weight is 393 g/mol. The van der Waals surface area contributed by atoms with Crippen molar-refractivity contribution in [1.82, 2.24) is 9.97 Å². The van der Waals surface area contributed by atoms with Crippen LogP contribution in [-0.2, 0) is 10.0 Å². The van der Waals surface area contributed by atoms with Gasteiger partial charge in [-0.05, 0) is 30.7 Å². The Hall–Kier alpha value is -1.38. The van der Waals surface area contributed by atoms with Gasteiger partial charge in [0.2, 0.25) is 11.8 Å². The first-order valence-electron chi connectivity index (χ1n) is 5.69. The van der Waals surface area contributed by atoms with E-state index in [1.807, 2.05) is 0 Å². The number of methoxy groups -OCH3 is 1. The number of nitrogens with one attached hydrogen (secondary N) is 1. The van der Waals surface area contributed by atoms with Crippen molar-refractivity contribution in [2.45, 2.75) is 11.8 Å². The Bertz CT molecular complexity index is 783. The maximum atomic E-state index is 12.3. The Morgan fingerprint density at radius 1 is 1.29 bits per heavy atom. The van der Waals surface area contributed by atoms with Gasteiger partial charge in [0.25, 0.3) is 10.0 Å². The van der Waals surface area contributed by atoms with Crippen molar-refractivity contribution in [2.75, 3.05) is 11.8 Å². The van der Waals surface area contributed by atoms with Crippen LogP contribution in [0.4, 0.5) is 5.95 Å². The first-order chi connectivity index (χ1) is 9.81. The maximum Gasteiger partial charge on any atom is 0.264 e. The van der Waals surface area contributed by atoms with E-state index in [1.54, 1.807) is 13.0 Å². The number of anilines is 1. The van der Waals surface area contributed by atoms with E-state index in [0.29, 0.717) is 0 Å². The summed E-state index contributed by atoms with van der Waals surface area (Å²) in [5.74, 6) is 0.0135. The van der Waals surface area contributed by atoms with Gasteiger partial charge in [0.15, 0.2) is 0 Å². The summed E-state index contributed by atoms with van der Waals surface area (Å²) >= 11 is 9.09. The Morgan fingerprint density at radius 2 is 2.00 bits per heavy atom. The summed E-state index contributed by atoms with van der Waals surface area (Å²) in [6, 6.07) is 6.04. The van der Waals surface area contributed by atoms with Gasteiger partial charge in [-0.15, -0.1) is 0 Å². The van der Waals surface area contributed by atoms with E-state index in [4.69, 9.17) is 16.3 Å². The molecule has 1 N–H and O–H groups in total. The Morgan fingerprint density at radius 3 is 2.62 bits per heavy atom. The molecule has 0 atom stereocenters. The summed E-state index contributed by atoms with van der Waals surface area (Å²) in [5, 5.41) is 0.0755. The van der Waals surface area contributed by atoms with Crippen molar-refractivity contribution >= 4 is 43.5 Å². The minimum absolute atomic E-state index is 0.0755. The molecular formula is C12H11BrClN3O3S. The summed E-state index contributed by atoms with van der Waals surface area (Å²) in [6.45, 7) is 1.79. The highest BCUT2D eigenvalue weighted by Gasteiger charge is 2.17. The highest BCUT2D eigenvalue weighted by Crippen LogP contribution is 2.22. The number of hydrogen-bond acceptors (Lipinski definition) is 5. The maximum absolute atomic E-state index is 12.3. The number of aromatic nitrogens is 2. The topological polar surface area (TPSA) is 81.2 Å². The van der Waals surface area contributed by atoms with Gasteiger partial charge in [-0.25, -0.2) is 18.1 Å². The number of sulfonamides is 1. The lowest BCUT2D eigenvalue weighted by Crippen LogP contribution is -2.15. The number of ether oxygens (including phenoxy) is 1. The van der Waals surface area contributed by atoms with Crippen LogP contribution < -0.4 is 9.46 Å². The standard InChI is InChI=1S/C12H11BrClN3O3S/c1-7-5-8(3-4-9(7)13)21(18,19)17-12-15-10(14)6-11(16-12)20-2/h3-6H,1-2H3,(H,15,16,17). The zero-order valence-corrected chi connectivity index (χ0v) is 14.3. The second kappa shape index (κ2) is 6.17. The smallest absolute Gasteiger partial charge is 0.264 e. The molecule has 0 radical (unpaired) electrons. The largest absolute Gasteiger partial charge is 0.481 e. The third-order valence-electron chi connectivity index (χ3n) is 2.55. The molecule has 0 aliphatic carbocycles. The molecule has 9 heteroatoms. The Kier molecular flexibility index (Phi) is 4.70. The molecule has 21 heavy (non-hydrogen) atoms. The minimum atomic E-state index is -3.80. The molecule has 1 aromatic heterocycles. The molecule has 1 aromatic carbocycles. The highest BCUT2D eigenvalue weighted by atomic mass is 79.9. The summed E-state index contributed by atoms with van der Waals surface area (Å²) in [4.78, 5) is 7.80. The van der Waals surface area contributed by atoms with Crippen LogP contribution in [0.2, 0.25) is 5.15 Å². The average Bonchev–Trinajstić information content (AvgIpc) is 2.40. The predicted molar refractivity (Wildman–Crippen MR) is 83.3 cm³/mol. The zero-order valence-electron chi connectivity index (χ0n) is 11.1. The van der Waals surface area contributed by atoms with Crippen LogP contribution in [0.1, 0.15) is 5.56 Å². The molecule has 0 saturated carbocycles. The van der Waals surface area contributed by atoms with Crippen LogP contribution in [0, 0.1) is 6.92 Å². The van der Waals surface area contributed by atoms with Gasteiger partial charge in [0.1, 0.15) is 5.15 Å². The molecule has 0 unspecified atom stereocenters. The number of hydrogen-bond donors (Lipinski definition) is 1. The van der Waals surface area contributed by atoms with Crippen LogP contribution in [0.5, 0.6) is 5.88 Å². The number of rotatable bonds is 4. The predicted octanol–water partition coefficient (Wildman–Crippen LogP) is 3.01. The van der Waals surface area contributed by atoms with E-state index in [-0.39, 0.29) is 21.9 Å². The molecular weight excluding hydrogens is 382 g/mol. The van der Waals surface area contributed by atoms with Gasteiger partial charge >= 0.3 is 0 Å². The molecule has 1 heterocycles. The second-order valence-electron chi connectivity index (χ2n) is 4.07. The van der Waals surface area contributed by atoms with Crippen LogP contribution in [0.25, 0.3) is 0 Å². The molecule has 0 aliphatic heterocycles. The Balaban J connectivity index is 2.37. The third kappa shape index (κ3) is 3.84.